The van der Waals surface area contributed by atoms with Gasteiger partial charge in [0.05, 0.1) is 23.7 Å². The Morgan fingerprint density at radius 1 is 1.19 bits per heavy atom. The van der Waals surface area contributed by atoms with Crippen LogP contribution in [0.15, 0.2) is 47.8 Å². The number of carboxylic acids is 1. The van der Waals surface area contributed by atoms with Crippen molar-refractivity contribution in [2.24, 2.45) is 0 Å². The van der Waals surface area contributed by atoms with Gasteiger partial charge in [-0.05, 0) is 23.6 Å². The lowest BCUT2D eigenvalue weighted by molar-refractivity contribution is -0.154. The minimum absolute atomic E-state index is 0.0254. The van der Waals surface area contributed by atoms with Crippen molar-refractivity contribution in [2.45, 2.75) is 6.10 Å². The highest BCUT2D eigenvalue weighted by Gasteiger charge is 2.31. The van der Waals surface area contributed by atoms with Crippen LogP contribution in [0.1, 0.15) is 10.6 Å². The summed E-state index contributed by atoms with van der Waals surface area (Å²) in [6, 6.07) is 13.3. The topological polar surface area (TPSA) is 97.6 Å². The fourth-order valence-corrected chi connectivity index (χ4v) is 3.54. The van der Waals surface area contributed by atoms with Crippen LogP contribution in [-0.4, -0.2) is 62.4 Å². The highest BCUT2D eigenvalue weighted by atomic mass is 32.1. The molecule has 1 aliphatic heterocycles. The standard InChI is InChI=1S/C18H16N4O4S/c23-17(21-8-9-26-13(11-21)18(24)25)15-19-16(14-7-4-10-27-14)22(20-15)12-5-2-1-3-6-12/h1-7,10,13H,8-9,11H2,(H,24,25)/t13-/m1/s1. The molecule has 1 saturated heterocycles. The third kappa shape index (κ3) is 3.46. The molecular weight excluding hydrogens is 368 g/mol. The zero-order chi connectivity index (χ0) is 18.8. The summed E-state index contributed by atoms with van der Waals surface area (Å²) < 4.78 is 6.81. The number of benzene rings is 1. The Bertz CT molecular complexity index is 955. The summed E-state index contributed by atoms with van der Waals surface area (Å²) in [5.74, 6) is -0.887. The van der Waals surface area contributed by atoms with Crippen LogP contribution in [0, 0.1) is 0 Å². The molecule has 27 heavy (non-hydrogen) atoms. The summed E-state index contributed by atoms with van der Waals surface area (Å²) in [6.07, 6.45) is -1.03. The normalized spacial score (nSPS) is 17.0. The van der Waals surface area contributed by atoms with Crippen LogP contribution in [0.2, 0.25) is 0 Å². The van der Waals surface area contributed by atoms with Gasteiger partial charge >= 0.3 is 5.97 Å². The van der Waals surface area contributed by atoms with E-state index < -0.39 is 18.0 Å². The van der Waals surface area contributed by atoms with Gasteiger partial charge in [0.25, 0.3) is 5.91 Å². The molecule has 0 saturated carbocycles. The highest BCUT2D eigenvalue weighted by molar-refractivity contribution is 7.13. The third-order valence-corrected chi connectivity index (χ3v) is 5.04. The number of para-hydroxylation sites is 1. The number of aromatic nitrogens is 3. The third-order valence-electron chi connectivity index (χ3n) is 4.17. The highest BCUT2D eigenvalue weighted by Crippen LogP contribution is 2.26. The van der Waals surface area contributed by atoms with Gasteiger partial charge in [0.1, 0.15) is 0 Å². The smallest absolute Gasteiger partial charge is 0.334 e. The summed E-state index contributed by atoms with van der Waals surface area (Å²) >= 11 is 1.50. The van der Waals surface area contributed by atoms with E-state index in [2.05, 4.69) is 10.1 Å². The minimum Gasteiger partial charge on any atom is -0.479 e. The largest absolute Gasteiger partial charge is 0.479 e. The van der Waals surface area contributed by atoms with Crippen LogP contribution in [0.5, 0.6) is 0 Å². The fraction of sp³-hybridized carbons (Fsp3) is 0.222. The van der Waals surface area contributed by atoms with Gasteiger partial charge in [0.2, 0.25) is 5.82 Å². The van der Waals surface area contributed by atoms with Crippen molar-refractivity contribution < 1.29 is 19.4 Å². The molecule has 8 nitrogen and oxygen atoms in total. The summed E-state index contributed by atoms with van der Waals surface area (Å²) in [5.41, 5.74) is 0.790. The van der Waals surface area contributed by atoms with Gasteiger partial charge in [-0.1, -0.05) is 24.3 Å². The molecule has 1 amide bonds. The number of ether oxygens (including phenoxy) is 1. The van der Waals surface area contributed by atoms with Gasteiger partial charge in [-0.2, -0.15) is 0 Å². The molecule has 2 aromatic heterocycles. The number of amides is 1. The Morgan fingerprint density at radius 2 is 2.00 bits per heavy atom. The summed E-state index contributed by atoms with van der Waals surface area (Å²) in [7, 11) is 0. The molecule has 138 valence electrons. The SMILES string of the molecule is O=C(O)[C@H]1CN(C(=O)c2nc(-c3cccs3)n(-c3ccccc3)n2)CCO1. The quantitative estimate of drug-likeness (QED) is 0.738. The van der Waals surface area contributed by atoms with Crippen LogP contribution in [0.25, 0.3) is 16.4 Å². The summed E-state index contributed by atoms with van der Waals surface area (Å²) in [5, 5.41) is 15.5. The fourth-order valence-electron chi connectivity index (χ4n) is 2.84. The first kappa shape index (κ1) is 17.4. The first-order valence-electron chi connectivity index (χ1n) is 8.33. The van der Waals surface area contributed by atoms with Gasteiger partial charge in [-0.15, -0.1) is 16.4 Å². The van der Waals surface area contributed by atoms with Gasteiger partial charge in [0.15, 0.2) is 11.9 Å². The minimum atomic E-state index is -1.09. The van der Waals surface area contributed by atoms with Crippen LogP contribution < -0.4 is 0 Å². The van der Waals surface area contributed by atoms with E-state index in [1.54, 1.807) is 4.68 Å². The van der Waals surface area contributed by atoms with E-state index in [-0.39, 0.29) is 19.0 Å². The van der Waals surface area contributed by atoms with Crippen molar-refractivity contribution in [1.29, 1.82) is 0 Å². The summed E-state index contributed by atoms with van der Waals surface area (Å²) in [6.45, 7) is 0.444. The number of nitrogens with zero attached hydrogens (tertiary/aromatic N) is 4. The number of thiophene rings is 1. The maximum atomic E-state index is 12.9. The Hall–Kier alpha value is -3.04. The van der Waals surface area contributed by atoms with Crippen LogP contribution in [0.4, 0.5) is 0 Å². The molecular formula is C18H16N4O4S. The number of rotatable bonds is 4. The second kappa shape index (κ2) is 7.29. The lowest BCUT2D eigenvalue weighted by Gasteiger charge is -2.29. The van der Waals surface area contributed by atoms with Crippen molar-refractivity contribution in [3.8, 4) is 16.4 Å². The van der Waals surface area contributed by atoms with E-state index in [1.807, 2.05) is 47.8 Å². The van der Waals surface area contributed by atoms with Gasteiger partial charge in [0, 0.05) is 6.54 Å². The van der Waals surface area contributed by atoms with E-state index in [9.17, 15) is 9.59 Å². The number of aliphatic carboxylic acids is 1. The van der Waals surface area contributed by atoms with Crippen LogP contribution in [-0.2, 0) is 9.53 Å². The number of carbonyl (C=O) groups excluding carboxylic acids is 1. The van der Waals surface area contributed by atoms with Gasteiger partial charge in [-0.3, -0.25) is 4.79 Å². The lowest BCUT2D eigenvalue weighted by atomic mass is 10.2. The lowest BCUT2D eigenvalue weighted by Crippen LogP contribution is -2.48. The number of carbonyl (C=O) groups is 2. The average Bonchev–Trinajstić information content (AvgIpc) is 3.38. The molecule has 1 atom stereocenters. The molecule has 0 unspecified atom stereocenters. The molecule has 1 fully saturated rings. The molecule has 1 aromatic carbocycles. The van der Waals surface area contributed by atoms with Gasteiger partial charge in [-0.25, -0.2) is 14.5 Å². The molecule has 4 rings (SSSR count). The van der Waals surface area contributed by atoms with E-state index in [0.29, 0.717) is 12.4 Å². The number of morpholine rings is 1. The molecule has 0 aliphatic carbocycles. The van der Waals surface area contributed by atoms with Crippen molar-refractivity contribution in [3.05, 3.63) is 53.7 Å². The molecule has 0 bridgehead atoms. The zero-order valence-electron chi connectivity index (χ0n) is 14.2. The Balaban J connectivity index is 1.69. The van der Waals surface area contributed by atoms with Gasteiger partial charge < -0.3 is 14.7 Å². The Kier molecular flexibility index (Phi) is 4.69. The van der Waals surface area contributed by atoms with E-state index in [4.69, 9.17) is 9.84 Å². The second-order valence-electron chi connectivity index (χ2n) is 5.93. The predicted molar refractivity (Wildman–Crippen MR) is 98.0 cm³/mol. The average molecular weight is 384 g/mol. The predicted octanol–water partition coefficient (Wildman–Crippen LogP) is 1.92. The maximum Gasteiger partial charge on any atom is 0.334 e. The Morgan fingerprint density at radius 3 is 2.70 bits per heavy atom. The molecule has 0 radical (unpaired) electrons. The van der Waals surface area contributed by atoms with E-state index >= 15 is 0 Å². The van der Waals surface area contributed by atoms with Crippen molar-refractivity contribution in [1.82, 2.24) is 19.7 Å². The molecule has 1 aliphatic rings. The maximum absolute atomic E-state index is 12.9. The number of hydrogen-bond donors (Lipinski definition) is 1. The van der Waals surface area contributed by atoms with Crippen LogP contribution >= 0.6 is 11.3 Å². The monoisotopic (exact) mass is 384 g/mol. The molecule has 1 N–H and O–H groups in total. The van der Waals surface area contributed by atoms with Crippen molar-refractivity contribution >= 4 is 23.2 Å². The second-order valence-corrected chi connectivity index (χ2v) is 6.88. The van der Waals surface area contributed by atoms with Crippen LogP contribution in [0.3, 0.4) is 0 Å². The molecule has 0 spiro atoms. The van der Waals surface area contributed by atoms with Crippen molar-refractivity contribution in [3.63, 3.8) is 0 Å². The molecule has 3 heterocycles. The van der Waals surface area contributed by atoms with E-state index in [0.717, 1.165) is 10.6 Å². The first-order chi connectivity index (χ1) is 13.1. The number of hydrogen-bond acceptors (Lipinski definition) is 6. The van der Waals surface area contributed by atoms with E-state index in [1.165, 1.54) is 16.2 Å². The molecule has 9 heteroatoms. The van der Waals surface area contributed by atoms with Crippen molar-refractivity contribution in [2.75, 3.05) is 19.7 Å². The Labute approximate surface area is 158 Å². The zero-order valence-corrected chi connectivity index (χ0v) is 15.0. The number of carboxylic acid groups (broad SMARTS) is 1. The summed E-state index contributed by atoms with van der Waals surface area (Å²) in [4.78, 5) is 30.8. The first-order valence-corrected chi connectivity index (χ1v) is 9.21. The molecule has 3 aromatic rings.